The van der Waals surface area contributed by atoms with Crippen molar-refractivity contribution in [3.05, 3.63) is 10.6 Å². The first kappa shape index (κ1) is 11.5. The van der Waals surface area contributed by atoms with Crippen LogP contribution in [0, 0.1) is 12.8 Å². The number of carbonyl (C=O) groups excluding carboxylic acids is 1. The Morgan fingerprint density at radius 1 is 1.62 bits per heavy atom. The first-order valence-electron chi connectivity index (χ1n) is 5.53. The molecule has 1 unspecified atom stereocenters. The largest absolute Gasteiger partial charge is 0.396 e. The fraction of sp³-hybridized carbons (Fsp3) is 0.636. The first-order valence-corrected chi connectivity index (χ1v) is 6.34. The highest BCUT2D eigenvalue weighted by Gasteiger charge is 2.32. The summed E-state index contributed by atoms with van der Waals surface area (Å²) < 4.78 is 0. The van der Waals surface area contributed by atoms with E-state index >= 15 is 0 Å². The Bertz CT molecular complexity index is 403. The molecule has 0 aromatic carbocycles. The van der Waals surface area contributed by atoms with Crippen LogP contribution in [-0.4, -0.2) is 29.1 Å². The number of rotatable bonds is 3. The molecule has 1 aromatic heterocycles. The van der Waals surface area contributed by atoms with E-state index in [0.717, 1.165) is 17.2 Å². The van der Waals surface area contributed by atoms with Crippen LogP contribution >= 0.6 is 11.3 Å². The molecule has 5 heteroatoms. The summed E-state index contributed by atoms with van der Waals surface area (Å²) in [6, 6.07) is 0. The second-order valence-corrected chi connectivity index (χ2v) is 5.29. The van der Waals surface area contributed by atoms with Crippen molar-refractivity contribution in [1.29, 1.82) is 0 Å². The van der Waals surface area contributed by atoms with Gasteiger partial charge in [-0.25, -0.2) is 4.98 Å². The van der Waals surface area contributed by atoms with Crippen molar-refractivity contribution in [3.63, 3.8) is 0 Å². The first-order chi connectivity index (χ1) is 7.65. The van der Waals surface area contributed by atoms with Crippen molar-refractivity contribution in [1.82, 2.24) is 4.98 Å². The van der Waals surface area contributed by atoms with Crippen LogP contribution in [0.4, 0.5) is 5.13 Å². The molecule has 1 atom stereocenters. The number of anilines is 1. The van der Waals surface area contributed by atoms with Gasteiger partial charge in [-0.3, -0.25) is 9.69 Å². The predicted octanol–water partition coefficient (Wildman–Crippen LogP) is 1.36. The minimum atomic E-state index is 0.0711. The summed E-state index contributed by atoms with van der Waals surface area (Å²) in [6.45, 7) is 4.77. The van der Waals surface area contributed by atoms with Crippen LogP contribution in [0.25, 0.3) is 0 Å². The second kappa shape index (κ2) is 4.51. The maximum atomic E-state index is 11.7. The van der Waals surface area contributed by atoms with Crippen LogP contribution in [-0.2, 0) is 11.2 Å². The number of hydrogen-bond acceptors (Lipinski definition) is 4. The molecule has 0 radical (unpaired) electrons. The molecule has 0 spiro atoms. The molecule has 0 bridgehead atoms. The molecule has 1 saturated heterocycles. The Hall–Kier alpha value is -0.940. The monoisotopic (exact) mass is 240 g/mol. The Labute approximate surface area is 98.9 Å². The zero-order valence-corrected chi connectivity index (χ0v) is 10.4. The molecule has 0 aliphatic carbocycles. The summed E-state index contributed by atoms with van der Waals surface area (Å²) >= 11 is 1.56. The zero-order chi connectivity index (χ0) is 11.7. The van der Waals surface area contributed by atoms with Gasteiger partial charge in [0.2, 0.25) is 5.91 Å². The van der Waals surface area contributed by atoms with E-state index in [1.807, 2.05) is 6.92 Å². The van der Waals surface area contributed by atoms with Crippen LogP contribution in [0.5, 0.6) is 0 Å². The molecule has 2 heterocycles. The quantitative estimate of drug-likeness (QED) is 0.868. The number of nitrogens with zero attached hydrogens (tertiary/aromatic N) is 2. The molecule has 88 valence electrons. The Morgan fingerprint density at radius 2 is 2.38 bits per heavy atom. The highest BCUT2D eigenvalue weighted by Crippen LogP contribution is 2.30. The van der Waals surface area contributed by atoms with E-state index in [1.165, 1.54) is 4.88 Å². The SMILES string of the molecule is CCc1nc(N2CC(CO)CC2=O)sc1C. The lowest BCUT2D eigenvalue weighted by Crippen LogP contribution is -2.24. The van der Waals surface area contributed by atoms with Crippen LogP contribution in [0.15, 0.2) is 0 Å². The number of carbonyl (C=O) groups is 1. The molecule has 1 aliphatic heterocycles. The molecule has 4 nitrogen and oxygen atoms in total. The number of thiazole rings is 1. The second-order valence-electron chi connectivity index (χ2n) is 4.11. The third-order valence-electron chi connectivity index (χ3n) is 2.91. The third kappa shape index (κ3) is 1.97. The van der Waals surface area contributed by atoms with Gasteiger partial charge in [0.25, 0.3) is 0 Å². The fourth-order valence-electron chi connectivity index (χ4n) is 1.95. The van der Waals surface area contributed by atoms with Gasteiger partial charge in [-0.2, -0.15) is 0 Å². The highest BCUT2D eigenvalue weighted by atomic mass is 32.1. The van der Waals surface area contributed by atoms with Crippen molar-refractivity contribution in [3.8, 4) is 0 Å². The van der Waals surface area contributed by atoms with Gasteiger partial charge in [0.15, 0.2) is 5.13 Å². The van der Waals surface area contributed by atoms with Crippen molar-refractivity contribution in [2.24, 2.45) is 5.92 Å². The van der Waals surface area contributed by atoms with Crippen molar-refractivity contribution in [2.45, 2.75) is 26.7 Å². The van der Waals surface area contributed by atoms with E-state index in [2.05, 4.69) is 11.9 Å². The van der Waals surface area contributed by atoms with Gasteiger partial charge in [0.05, 0.1) is 5.69 Å². The number of aryl methyl sites for hydroxylation is 2. The molecule has 16 heavy (non-hydrogen) atoms. The summed E-state index contributed by atoms with van der Waals surface area (Å²) in [5.41, 5.74) is 1.07. The number of aliphatic hydroxyl groups excluding tert-OH is 1. The molecule has 0 saturated carbocycles. The van der Waals surface area contributed by atoms with Gasteiger partial charge in [-0.1, -0.05) is 6.92 Å². The predicted molar refractivity (Wildman–Crippen MR) is 63.8 cm³/mol. The van der Waals surface area contributed by atoms with E-state index in [1.54, 1.807) is 16.2 Å². The lowest BCUT2D eigenvalue weighted by Gasteiger charge is -2.11. The van der Waals surface area contributed by atoms with E-state index in [0.29, 0.717) is 13.0 Å². The highest BCUT2D eigenvalue weighted by molar-refractivity contribution is 7.15. The number of hydrogen-bond donors (Lipinski definition) is 1. The smallest absolute Gasteiger partial charge is 0.229 e. The van der Waals surface area contributed by atoms with Gasteiger partial charge < -0.3 is 5.11 Å². The molecule has 1 fully saturated rings. The Kier molecular flexibility index (Phi) is 3.25. The minimum Gasteiger partial charge on any atom is -0.396 e. The van der Waals surface area contributed by atoms with Crippen molar-refractivity contribution < 1.29 is 9.90 Å². The van der Waals surface area contributed by atoms with Crippen LogP contribution < -0.4 is 4.90 Å². The summed E-state index contributed by atoms with van der Waals surface area (Å²) in [5.74, 6) is 0.150. The zero-order valence-electron chi connectivity index (χ0n) is 9.56. The molecule has 1 amide bonds. The van der Waals surface area contributed by atoms with Crippen molar-refractivity contribution >= 4 is 22.4 Å². The third-order valence-corrected chi connectivity index (χ3v) is 3.95. The van der Waals surface area contributed by atoms with E-state index in [4.69, 9.17) is 5.11 Å². The van der Waals surface area contributed by atoms with Gasteiger partial charge in [-0.05, 0) is 13.3 Å². The lowest BCUT2D eigenvalue weighted by molar-refractivity contribution is -0.117. The molecular formula is C11H16N2O2S. The van der Waals surface area contributed by atoms with Gasteiger partial charge in [-0.15, -0.1) is 11.3 Å². The molecule has 1 N–H and O–H groups in total. The number of aromatic nitrogens is 1. The maximum absolute atomic E-state index is 11.7. The number of aliphatic hydroxyl groups is 1. The van der Waals surface area contributed by atoms with Crippen molar-refractivity contribution in [2.75, 3.05) is 18.1 Å². The summed E-state index contributed by atoms with van der Waals surface area (Å²) in [6.07, 6.45) is 1.34. The lowest BCUT2D eigenvalue weighted by atomic mass is 10.1. The summed E-state index contributed by atoms with van der Waals surface area (Å²) in [7, 11) is 0. The minimum absolute atomic E-state index is 0.0711. The van der Waals surface area contributed by atoms with Crippen LogP contribution in [0.2, 0.25) is 0 Å². The van der Waals surface area contributed by atoms with Gasteiger partial charge >= 0.3 is 0 Å². The topological polar surface area (TPSA) is 53.4 Å². The van der Waals surface area contributed by atoms with Crippen LogP contribution in [0.1, 0.15) is 23.9 Å². The maximum Gasteiger partial charge on any atom is 0.229 e. The van der Waals surface area contributed by atoms with E-state index < -0.39 is 0 Å². The standard InChI is InChI=1S/C11H16N2O2S/c1-3-9-7(2)16-11(12-9)13-5-8(6-14)4-10(13)15/h8,14H,3-6H2,1-2H3. The van der Waals surface area contributed by atoms with Gasteiger partial charge in [0, 0.05) is 30.4 Å². The molecule has 2 rings (SSSR count). The van der Waals surface area contributed by atoms with E-state index in [9.17, 15) is 4.79 Å². The molecule has 1 aliphatic rings. The van der Waals surface area contributed by atoms with Crippen LogP contribution in [0.3, 0.4) is 0 Å². The summed E-state index contributed by atoms with van der Waals surface area (Å²) in [4.78, 5) is 19.1. The number of amides is 1. The molecular weight excluding hydrogens is 224 g/mol. The summed E-state index contributed by atoms with van der Waals surface area (Å²) in [5, 5.41) is 9.85. The fourth-order valence-corrected chi connectivity index (χ4v) is 2.97. The van der Waals surface area contributed by atoms with E-state index in [-0.39, 0.29) is 18.4 Å². The average molecular weight is 240 g/mol. The molecule has 1 aromatic rings. The van der Waals surface area contributed by atoms with Gasteiger partial charge in [0.1, 0.15) is 0 Å². The Balaban J connectivity index is 2.21. The average Bonchev–Trinajstić information content (AvgIpc) is 2.81. The normalized spacial score (nSPS) is 20.8. The Morgan fingerprint density at radius 3 is 2.88 bits per heavy atom.